The molecule has 1 aromatic rings. The highest BCUT2D eigenvalue weighted by molar-refractivity contribution is 5.32. The third kappa shape index (κ3) is 5.36. The number of methoxy groups -OCH3 is 1. The maximum Gasteiger partial charge on any atom is 0.269 e. The molecule has 0 spiro atoms. The lowest BCUT2D eigenvalue weighted by atomic mass is 10.00. The van der Waals surface area contributed by atoms with Gasteiger partial charge in [-0.1, -0.05) is 12.1 Å². The standard InChI is InChI=1S/C14H22N2O3/c1-11(9-14(2,3)19-4)15-10-12-5-7-13(8-6-12)16(17)18/h5-8,11,15H,9-10H2,1-4H3. The Morgan fingerprint density at radius 2 is 1.95 bits per heavy atom. The second kappa shape index (κ2) is 6.63. The summed E-state index contributed by atoms with van der Waals surface area (Å²) in [5.41, 5.74) is 1.01. The van der Waals surface area contributed by atoms with E-state index in [0.717, 1.165) is 12.0 Å². The first-order valence-corrected chi connectivity index (χ1v) is 6.36. The Bertz CT molecular complexity index is 415. The number of hydrogen-bond acceptors (Lipinski definition) is 4. The van der Waals surface area contributed by atoms with Gasteiger partial charge in [-0.05, 0) is 32.8 Å². The Labute approximate surface area is 114 Å². The Balaban J connectivity index is 2.46. The summed E-state index contributed by atoms with van der Waals surface area (Å²) < 4.78 is 5.39. The molecule has 106 valence electrons. The number of nitro benzene ring substituents is 1. The zero-order valence-electron chi connectivity index (χ0n) is 12.0. The van der Waals surface area contributed by atoms with Crippen molar-refractivity contribution < 1.29 is 9.66 Å². The molecule has 0 fully saturated rings. The number of nitrogens with one attached hydrogen (secondary N) is 1. The highest BCUT2D eigenvalue weighted by Crippen LogP contribution is 2.16. The van der Waals surface area contributed by atoms with Gasteiger partial charge in [0.1, 0.15) is 0 Å². The number of non-ortho nitro benzene ring substituents is 1. The number of hydrogen-bond donors (Lipinski definition) is 1. The van der Waals surface area contributed by atoms with Gasteiger partial charge in [-0.15, -0.1) is 0 Å². The first-order valence-electron chi connectivity index (χ1n) is 6.36. The Hall–Kier alpha value is -1.46. The average molecular weight is 266 g/mol. The van der Waals surface area contributed by atoms with Crippen molar-refractivity contribution in [3.63, 3.8) is 0 Å². The Kier molecular flexibility index (Phi) is 5.44. The van der Waals surface area contributed by atoms with Gasteiger partial charge in [0.25, 0.3) is 5.69 Å². The molecule has 0 bridgehead atoms. The molecular formula is C14H22N2O3. The first kappa shape index (κ1) is 15.6. The van der Waals surface area contributed by atoms with Crippen LogP contribution in [0.4, 0.5) is 5.69 Å². The zero-order chi connectivity index (χ0) is 14.5. The van der Waals surface area contributed by atoms with Crippen LogP contribution in [0.3, 0.4) is 0 Å². The van der Waals surface area contributed by atoms with Crippen molar-refractivity contribution in [1.29, 1.82) is 0 Å². The predicted molar refractivity (Wildman–Crippen MR) is 75.1 cm³/mol. The fourth-order valence-electron chi connectivity index (χ4n) is 1.92. The van der Waals surface area contributed by atoms with Gasteiger partial charge in [-0.3, -0.25) is 10.1 Å². The lowest BCUT2D eigenvalue weighted by molar-refractivity contribution is -0.384. The van der Waals surface area contributed by atoms with Gasteiger partial charge in [0, 0.05) is 31.8 Å². The summed E-state index contributed by atoms with van der Waals surface area (Å²) in [6.45, 7) is 6.90. The van der Waals surface area contributed by atoms with Crippen LogP contribution in [0.1, 0.15) is 32.8 Å². The van der Waals surface area contributed by atoms with E-state index in [9.17, 15) is 10.1 Å². The summed E-state index contributed by atoms with van der Waals surface area (Å²) in [5.74, 6) is 0. The van der Waals surface area contributed by atoms with Crippen molar-refractivity contribution in [3.8, 4) is 0 Å². The number of ether oxygens (including phenoxy) is 1. The monoisotopic (exact) mass is 266 g/mol. The van der Waals surface area contributed by atoms with Crippen LogP contribution in [0.25, 0.3) is 0 Å². The largest absolute Gasteiger partial charge is 0.379 e. The molecule has 5 nitrogen and oxygen atoms in total. The molecule has 0 saturated carbocycles. The van der Waals surface area contributed by atoms with E-state index in [1.165, 1.54) is 12.1 Å². The normalized spacial score (nSPS) is 13.3. The van der Waals surface area contributed by atoms with Gasteiger partial charge < -0.3 is 10.1 Å². The molecule has 0 aliphatic heterocycles. The van der Waals surface area contributed by atoms with Gasteiger partial charge in [-0.2, -0.15) is 0 Å². The summed E-state index contributed by atoms with van der Waals surface area (Å²) in [7, 11) is 1.71. The maximum absolute atomic E-state index is 10.5. The molecule has 1 N–H and O–H groups in total. The summed E-state index contributed by atoms with van der Waals surface area (Å²) in [6, 6.07) is 6.92. The smallest absolute Gasteiger partial charge is 0.269 e. The number of rotatable bonds is 7. The molecule has 1 atom stereocenters. The van der Waals surface area contributed by atoms with Crippen molar-refractivity contribution in [3.05, 3.63) is 39.9 Å². The van der Waals surface area contributed by atoms with E-state index in [1.54, 1.807) is 19.2 Å². The van der Waals surface area contributed by atoms with E-state index in [2.05, 4.69) is 26.1 Å². The fourth-order valence-corrected chi connectivity index (χ4v) is 1.92. The van der Waals surface area contributed by atoms with Gasteiger partial charge in [0.05, 0.1) is 10.5 Å². The summed E-state index contributed by atoms with van der Waals surface area (Å²) in [6.07, 6.45) is 0.899. The van der Waals surface area contributed by atoms with E-state index in [1.807, 2.05) is 0 Å². The minimum atomic E-state index is -0.388. The predicted octanol–water partition coefficient (Wildman–Crippen LogP) is 2.89. The molecule has 0 aliphatic carbocycles. The van der Waals surface area contributed by atoms with Crippen molar-refractivity contribution in [2.75, 3.05) is 7.11 Å². The molecule has 1 aromatic carbocycles. The highest BCUT2D eigenvalue weighted by atomic mass is 16.6. The van der Waals surface area contributed by atoms with E-state index in [0.29, 0.717) is 12.6 Å². The summed E-state index contributed by atoms with van der Waals surface area (Å²) in [4.78, 5) is 10.2. The van der Waals surface area contributed by atoms with Crippen molar-refractivity contribution in [2.24, 2.45) is 0 Å². The quantitative estimate of drug-likeness (QED) is 0.609. The van der Waals surface area contributed by atoms with E-state index in [-0.39, 0.29) is 16.2 Å². The number of nitro groups is 1. The second-order valence-electron chi connectivity index (χ2n) is 5.37. The maximum atomic E-state index is 10.5. The van der Waals surface area contributed by atoms with Crippen LogP contribution in [0.15, 0.2) is 24.3 Å². The SMILES string of the molecule is COC(C)(C)CC(C)NCc1ccc([N+](=O)[O-])cc1. The third-order valence-electron chi connectivity index (χ3n) is 3.15. The third-order valence-corrected chi connectivity index (χ3v) is 3.15. The van der Waals surface area contributed by atoms with Crippen molar-refractivity contribution in [1.82, 2.24) is 5.32 Å². The molecule has 0 saturated heterocycles. The molecule has 0 aliphatic rings. The lowest BCUT2D eigenvalue weighted by Gasteiger charge is -2.27. The van der Waals surface area contributed by atoms with Crippen LogP contribution in [0, 0.1) is 10.1 Å². The molecule has 19 heavy (non-hydrogen) atoms. The lowest BCUT2D eigenvalue weighted by Crippen LogP contribution is -2.35. The van der Waals surface area contributed by atoms with Gasteiger partial charge >= 0.3 is 0 Å². The minimum Gasteiger partial charge on any atom is -0.379 e. The molecule has 1 unspecified atom stereocenters. The fraction of sp³-hybridized carbons (Fsp3) is 0.571. The molecule has 0 heterocycles. The number of nitrogens with zero attached hydrogens (tertiary/aromatic N) is 1. The summed E-state index contributed by atoms with van der Waals surface area (Å²) >= 11 is 0. The number of benzene rings is 1. The van der Waals surface area contributed by atoms with Crippen LogP contribution < -0.4 is 5.32 Å². The van der Waals surface area contributed by atoms with Crippen molar-refractivity contribution >= 4 is 5.69 Å². The minimum absolute atomic E-state index is 0.123. The van der Waals surface area contributed by atoms with Gasteiger partial charge in [0.15, 0.2) is 0 Å². The van der Waals surface area contributed by atoms with E-state index < -0.39 is 0 Å². The van der Waals surface area contributed by atoms with Crippen molar-refractivity contribution in [2.45, 2.75) is 45.4 Å². The molecule has 0 aromatic heterocycles. The summed E-state index contributed by atoms with van der Waals surface area (Å²) in [5, 5.41) is 13.9. The zero-order valence-corrected chi connectivity index (χ0v) is 12.0. The first-order chi connectivity index (χ1) is 8.84. The topological polar surface area (TPSA) is 64.4 Å². The van der Waals surface area contributed by atoms with Crippen LogP contribution in [-0.2, 0) is 11.3 Å². The van der Waals surface area contributed by atoms with Gasteiger partial charge in [0.2, 0.25) is 0 Å². The Morgan fingerprint density at radius 3 is 2.42 bits per heavy atom. The van der Waals surface area contributed by atoms with E-state index in [4.69, 9.17) is 4.74 Å². The average Bonchev–Trinajstić information content (AvgIpc) is 2.36. The molecule has 0 amide bonds. The molecule has 1 rings (SSSR count). The Morgan fingerprint density at radius 1 is 1.37 bits per heavy atom. The second-order valence-corrected chi connectivity index (χ2v) is 5.37. The van der Waals surface area contributed by atoms with Crippen LogP contribution in [0.5, 0.6) is 0 Å². The van der Waals surface area contributed by atoms with Crippen LogP contribution >= 0.6 is 0 Å². The molecule has 0 radical (unpaired) electrons. The van der Waals surface area contributed by atoms with E-state index >= 15 is 0 Å². The van der Waals surface area contributed by atoms with Crippen LogP contribution in [0.2, 0.25) is 0 Å². The molecular weight excluding hydrogens is 244 g/mol. The highest BCUT2D eigenvalue weighted by Gasteiger charge is 2.19. The van der Waals surface area contributed by atoms with Gasteiger partial charge in [-0.25, -0.2) is 0 Å². The molecule has 5 heteroatoms. The van der Waals surface area contributed by atoms with Crippen LogP contribution in [-0.4, -0.2) is 23.7 Å².